The fourth-order valence-corrected chi connectivity index (χ4v) is 22.1. The van der Waals surface area contributed by atoms with Crippen molar-refractivity contribution >= 4 is 149 Å². The van der Waals surface area contributed by atoms with Gasteiger partial charge in [-0.25, -0.2) is 54.4 Å². The van der Waals surface area contributed by atoms with Gasteiger partial charge in [-0.15, -0.1) is 0 Å². The molecule has 6 bridgehead atoms. The lowest BCUT2D eigenvalue weighted by molar-refractivity contribution is -0.219. The maximum Gasteiger partial charge on any atom is 0.351 e. The molecule has 57 heteroatoms. The lowest BCUT2D eigenvalue weighted by Gasteiger charge is -2.38. The van der Waals surface area contributed by atoms with Crippen LogP contribution in [0.4, 0.5) is 23.3 Å². The molecule has 16 heterocycles. The number of hydrogen-bond acceptors (Lipinski definition) is 41. The van der Waals surface area contributed by atoms with Gasteiger partial charge < -0.3 is 122 Å². The largest absolute Gasteiger partial charge is 0.393 e. The van der Waals surface area contributed by atoms with E-state index in [1.54, 1.807) is 32.3 Å². The van der Waals surface area contributed by atoms with E-state index in [1.165, 1.54) is 66.4 Å². The first-order valence-corrected chi connectivity index (χ1v) is 47.4. The lowest BCUT2D eigenvalue weighted by atomic mass is 9.94. The third kappa shape index (κ3) is 14.8. The van der Waals surface area contributed by atoms with E-state index in [9.17, 15) is 44.0 Å². The number of H-pyrrole nitrogens is 1. The zero-order valence-electron chi connectivity index (χ0n) is 60.0. The Morgan fingerprint density at radius 2 is 0.886 bits per heavy atom. The van der Waals surface area contributed by atoms with Crippen LogP contribution in [0.25, 0.3) is 33.5 Å². The van der Waals surface area contributed by atoms with E-state index in [4.69, 9.17) is 165 Å². The molecule has 47 nitrogen and oxygen atoms in total. The van der Waals surface area contributed by atoms with E-state index >= 15 is 0 Å². The van der Waals surface area contributed by atoms with Gasteiger partial charge in [-0.05, 0) is 93.7 Å². The Labute approximate surface area is 666 Å². The molecule has 16 rings (SSSR count). The van der Waals surface area contributed by atoms with Crippen molar-refractivity contribution in [3.05, 3.63) is 92.8 Å². The summed E-state index contributed by atoms with van der Waals surface area (Å²) in [4.78, 5) is 144. The number of aryl methyl sites for hydroxylation is 2. The number of nitrogens with two attached hydrogens (primary N) is 4. The fourth-order valence-electron chi connectivity index (χ4n) is 15.3. The molecule has 8 aromatic rings. The Morgan fingerprint density at radius 1 is 0.500 bits per heavy atom. The minimum absolute atomic E-state index is 0.000818. The van der Waals surface area contributed by atoms with Gasteiger partial charge in [-0.2, -0.15) is 4.98 Å². The lowest BCUT2D eigenvalue weighted by Crippen LogP contribution is -2.51. The van der Waals surface area contributed by atoms with Crippen molar-refractivity contribution in [3.63, 3.8) is 0 Å². The molecule has 15 N–H and O–H groups in total. The first-order valence-electron chi connectivity index (χ1n) is 34.4. The Hall–Kier alpha value is -5.30. The highest BCUT2D eigenvalue weighted by Gasteiger charge is 2.72. The van der Waals surface area contributed by atoms with E-state index in [2.05, 4.69) is 54.8 Å². The van der Waals surface area contributed by atoms with Crippen molar-refractivity contribution in [1.82, 2.24) is 77.7 Å². The molecule has 8 aliphatic heterocycles. The quantitative estimate of drug-likeness (QED) is 0.0268. The average Bonchev–Trinajstić information content (AvgIpc) is 1.57. The number of fused-ring (bicyclic) bond motifs is 9. The molecule has 8 fully saturated rings. The van der Waals surface area contributed by atoms with Crippen molar-refractivity contribution in [2.45, 2.75) is 175 Å². The fraction of sp³-hybridized carbons (Fsp3) is 0.596. The highest BCUT2D eigenvalue weighted by molar-refractivity contribution is 8.08. The van der Waals surface area contributed by atoms with Crippen LogP contribution >= 0.6 is 33.6 Å². The van der Waals surface area contributed by atoms with Gasteiger partial charge in [-0.3, -0.25) is 46.2 Å². The monoisotopic (exact) mass is 1780 g/mol. The van der Waals surface area contributed by atoms with Gasteiger partial charge in [0.1, 0.15) is 119 Å². The van der Waals surface area contributed by atoms with Gasteiger partial charge in [0, 0.05) is 43.5 Å². The van der Waals surface area contributed by atoms with Crippen molar-refractivity contribution in [3.8, 4) is 0 Å². The third-order valence-electron chi connectivity index (χ3n) is 21.1. The molecule has 0 saturated carbocycles. The van der Waals surface area contributed by atoms with Gasteiger partial charge in [0.2, 0.25) is 0 Å². The third-order valence-corrected chi connectivity index (χ3v) is 29.0. The van der Waals surface area contributed by atoms with E-state index in [-0.39, 0.29) is 69.5 Å². The smallest absolute Gasteiger partial charge is 0.351 e. The number of rotatable bonds is 29. The Kier molecular flexibility index (Phi) is 22.0. The number of hydrogen-bond donors (Lipinski definition) is 11. The number of nitrogens with zero attached hydrogens (tertiary/aromatic N) is 15. The second-order valence-corrected chi connectivity index (χ2v) is 41.8. The van der Waals surface area contributed by atoms with Crippen LogP contribution in [-0.2, 0) is 142 Å². The highest BCUT2D eigenvalue weighted by Crippen LogP contribution is 2.64. The number of nitrogen functional groups attached to an aromatic ring is 4. The second kappa shape index (κ2) is 30.4. The molecule has 0 aromatic carbocycles. The van der Waals surface area contributed by atoms with Gasteiger partial charge in [0.15, 0.2) is 53.1 Å². The Bertz CT molecular complexity index is 5570. The van der Waals surface area contributed by atoms with E-state index < -0.39 is 211 Å². The molecule has 0 spiro atoms. The summed E-state index contributed by atoms with van der Waals surface area (Å²) >= 11 is 28.3. The first kappa shape index (κ1) is 82.4. The number of aromatic amines is 1. The molecule has 8 aliphatic rings. The topological polar surface area (TPSA) is 612 Å². The standard InChI is InChI=1S/C57H73N20O27P5S5/c1-22-9-74(53(80)71-42(22)58)50-36-39(55(13-78,97-50)24(3)92-36)102-108(85,113)90-15-57-26(5)94-38(52(99-57)77-21-70-35-45(61)64-18-67-48(35)77)41(57)104-109(86,114)91-14-56-25(4)93-37(51(98-56)76-20-69-34-44(60)63-17-66-47(34)76)40(56)103-107(84,112)89-12-30-28(7-31(95-30)73-10-23(2)49(79)72-54(73)81)101-106(83,111)88-11-29-27(100-105(82,110)87-6)8-32(96-29)75-19-68-33-43(59)62-16-65-46(33)75/h9-10,16-21,24-32,36-41,50-52,78H,7-8,11-15H2,1-6H3,(H,82,110)(H,83,111)(H,84,112)(H,85,113)(H,86,114)(H2,58,71,80)(H2,59,62,65)(H2,60,63,66)(H2,61,64,67)(H,72,79,81)/t24-,25-,26-,27+,28+,29+,30+,31+,32+,36?,37?,38?,39+,40+,41+,50+,51+,52+,55-,56-,57-,105?,106?,107?,108?,109?/m0/s1. The van der Waals surface area contributed by atoms with Crippen molar-refractivity contribution in [2.24, 2.45) is 0 Å². The summed E-state index contributed by atoms with van der Waals surface area (Å²) in [6.45, 7) is -18.3. The van der Waals surface area contributed by atoms with Crippen LogP contribution in [0.3, 0.4) is 0 Å². The van der Waals surface area contributed by atoms with Gasteiger partial charge in [-0.1, -0.05) is 0 Å². The normalized spacial score (nSPS) is 35.0. The summed E-state index contributed by atoms with van der Waals surface area (Å²) in [5.74, 6) is 0.0790. The van der Waals surface area contributed by atoms with Gasteiger partial charge in [0.25, 0.3) is 5.56 Å². The van der Waals surface area contributed by atoms with Crippen molar-refractivity contribution in [2.75, 3.05) is 63.1 Å². The van der Waals surface area contributed by atoms with E-state index in [0.717, 1.165) is 16.2 Å². The maximum absolute atomic E-state index is 13.5. The summed E-state index contributed by atoms with van der Waals surface area (Å²) in [5, 5.41) is 11.0. The molecular formula is C57H73N20O27P5S5. The molecule has 8 saturated heterocycles. The van der Waals surface area contributed by atoms with Gasteiger partial charge >= 0.3 is 45.0 Å². The van der Waals surface area contributed by atoms with Crippen LogP contribution in [0.5, 0.6) is 0 Å². The van der Waals surface area contributed by atoms with Crippen LogP contribution in [0.2, 0.25) is 0 Å². The average molecular weight is 1790 g/mol. The molecule has 0 aliphatic carbocycles. The predicted octanol–water partition coefficient (Wildman–Crippen LogP) is -0.286. The summed E-state index contributed by atoms with van der Waals surface area (Å²) in [5.41, 5.74) is 18.2. The van der Waals surface area contributed by atoms with Gasteiger partial charge in [0.05, 0.1) is 82.5 Å². The Balaban J connectivity index is 0.661. The van der Waals surface area contributed by atoms with E-state index in [0.29, 0.717) is 11.2 Å². The molecule has 8 aromatic heterocycles. The number of aliphatic hydroxyl groups excluding tert-OH is 1. The number of nitrogens with one attached hydrogen (secondary N) is 1. The minimum Gasteiger partial charge on any atom is -0.393 e. The molecular weight excluding hydrogens is 1710 g/mol. The Morgan fingerprint density at radius 3 is 1.35 bits per heavy atom. The molecule has 8 unspecified atom stereocenters. The minimum atomic E-state index is -4.80. The predicted molar refractivity (Wildman–Crippen MR) is 406 cm³/mol. The molecule has 618 valence electrons. The summed E-state index contributed by atoms with van der Waals surface area (Å²) in [7, 11) is 1.16. The molecule has 0 amide bonds. The number of aromatic nitrogens is 16. The zero-order valence-corrected chi connectivity index (χ0v) is 68.6. The number of imidazole rings is 3. The summed E-state index contributed by atoms with van der Waals surface area (Å²) < 4.78 is 120. The molecule has 114 heavy (non-hydrogen) atoms. The summed E-state index contributed by atoms with van der Waals surface area (Å²) in [6, 6.07) is 0. The maximum atomic E-state index is 13.5. The molecule has 0 radical (unpaired) electrons. The number of ether oxygens (including phenoxy) is 8. The highest BCUT2D eigenvalue weighted by atomic mass is 32.5. The van der Waals surface area contributed by atoms with Crippen molar-refractivity contribution in [1.29, 1.82) is 0 Å². The van der Waals surface area contributed by atoms with Crippen LogP contribution in [-0.4, -0.2) is 244 Å². The molecule has 26 atom stereocenters. The van der Waals surface area contributed by atoms with E-state index in [1.807, 2.05) is 0 Å². The van der Waals surface area contributed by atoms with Crippen molar-refractivity contribution < 1.29 is 113 Å². The number of anilines is 4. The van der Waals surface area contributed by atoms with Crippen LogP contribution in [0.1, 0.15) is 75.9 Å². The SMILES string of the molecule is COP(O)(=S)O[C@@H]1C[C@H](n2cnc3c(N)ncnc32)O[C@@H]1COP(O)(=S)O[C@@H]1C[C@H](n2cc(C)c(=O)[nH]c2=O)O[C@@H]1COP(O)(=S)O[C@@H]1C2O[C@@H](C)[C@]1(COP(O)(=S)O[C@@H]1C3O[C@@H](C)[C@]1(COP(O)(=S)O[C@@H]1C4O[C@@H](C)[C@]1(CO)O[C@H]4n1cc(C)c(N)nc1=O)O[C@H]3n1cnc3c(N)ncnc31)O[C@H]2n1cnc2c(N)ncnc21. The van der Waals surface area contributed by atoms with Crippen LogP contribution in [0.15, 0.2) is 64.7 Å². The van der Waals surface area contributed by atoms with Crippen LogP contribution < -0.4 is 39.9 Å². The second-order valence-electron chi connectivity index (χ2n) is 27.8. The van der Waals surface area contributed by atoms with Crippen LogP contribution in [0, 0.1) is 13.8 Å². The first-order chi connectivity index (χ1) is 53.9. The number of aliphatic hydroxyl groups is 1. The summed E-state index contributed by atoms with van der Waals surface area (Å²) in [6.07, 6.45) is -12.3. The zero-order chi connectivity index (χ0) is 81.1.